The maximum atomic E-state index is 12.7. The Labute approximate surface area is 163 Å². The summed E-state index contributed by atoms with van der Waals surface area (Å²) in [6.45, 7) is 4.97. The lowest BCUT2D eigenvalue weighted by Crippen LogP contribution is -2.42. The first kappa shape index (κ1) is 21.7. The SMILES string of the molecule is COc1ccc2c(C)c(CC(=O)N(CC(C)O)CC(C)O)c(=O)oc2c1OC. The van der Waals surface area contributed by atoms with E-state index in [1.54, 1.807) is 32.9 Å². The number of ether oxygens (including phenoxy) is 2. The largest absolute Gasteiger partial charge is 0.493 e. The third-order valence-electron chi connectivity index (χ3n) is 4.45. The molecule has 1 aromatic carbocycles. The Bertz CT molecular complexity index is 892. The second-order valence-electron chi connectivity index (χ2n) is 6.84. The van der Waals surface area contributed by atoms with Gasteiger partial charge in [-0.1, -0.05) is 0 Å². The minimum atomic E-state index is -0.756. The summed E-state index contributed by atoms with van der Waals surface area (Å²) in [5, 5.41) is 19.9. The van der Waals surface area contributed by atoms with Gasteiger partial charge in [0.2, 0.25) is 11.7 Å². The van der Waals surface area contributed by atoms with Gasteiger partial charge in [0, 0.05) is 18.5 Å². The van der Waals surface area contributed by atoms with Crippen molar-refractivity contribution in [2.45, 2.75) is 39.4 Å². The highest BCUT2D eigenvalue weighted by Gasteiger charge is 2.23. The zero-order valence-electron chi connectivity index (χ0n) is 16.8. The van der Waals surface area contributed by atoms with Crippen molar-refractivity contribution in [3.8, 4) is 11.5 Å². The van der Waals surface area contributed by atoms with Crippen molar-refractivity contribution in [1.29, 1.82) is 0 Å². The molecular weight excluding hydrogens is 366 g/mol. The van der Waals surface area contributed by atoms with Gasteiger partial charge < -0.3 is 29.0 Å². The second-order valence-corrected chi connectivity index (χ2v) is 6.84. The van der Waals surface area contributed by atoms with Crippen molar-refractivity contribution in [3.05, 3.63) is 33.7 Å². The molecule has 0 spiro atoms. The van der Waals surface area contributed by atoms with Crippen molar-refractivity contribution in [1.82, 2.24) is 4.90 Å². The van der Waals surface area contributed by atoms with E-state index >= 15 is 0 Å². The molecule has 2 unspecified atom stereocenters. The molecule has 8 heteroatoms. The van der Waals surface area contributed by atoms with Crippen LogP contribution in [0.15, 0.2) is 21.3 Å². The monoisotopic (exact) mass is 393 g/mol. The zero-order valence-corrected chi connectivity index (χ0v) is 16.8. The molecule has 2 aromatic rings. The summed E-state index contributed by atoms with van der Waals surface area (Å²) in [5.41, 5.74) is 0.449. The van der Waals surface area contributed by atoms with E-state index in [0.29, 0.717) is 22.4 Å². The molecule has 1 heterocycles. The fraction of sp³-hybridized carbons (Fsp3) is 0.500. The van der Waals surface area contributed by atoms with Gasteiger partial charge in [-0.2, -0.15) is 0 Å². The lowest BCUT2D eigenvalue weighted by atomic mass is 10.0. The Morgan fingerprint density at radius 1 is 1.14 bits per heavy atom. The van der Waals surface area contributed by atoms with Crippen LogP contribution in [0.2, 0.25) is 0 Å². The Morgan fingerprint density at radius 3 is 2.25 bits per heavy atom. The summed E-state index contributed by atoms with van der Waals surface area (Å²) in [6, 6.07) is 3.44. The van der Waals surface area contributed by atoms with Gasteiger partial charge in [0.25, 0.3) is 0 Å². The summed E-state index contributed by atoms with van der Waals surface area (Å²) in [6.07, 6.45) is -1.71. The molecule has 2 rings (SSSR count). The Kier molecular flexibility index (Phi) is 7.04. The second kappa shape index (κ2) is 9.07. The fourth-order valence-electron chi connectivity index (χ4n) is 3.15. The number of aryl methyl sites for hydroxylation is 1. The predicted octanol–water partition coefficient (Wildman–Crippen LogP) is 1.25. The van der Waals surface area contributed by atoms with Gasteiger partial charge in [0.15, 0.2) is 11.3 Å². The number of amides is 1. The molecule has 0 bridgehead atoms. The van der Waals surface area contributed by atoms with Gasteiger partial charge in [-0.3, -0.25) is 4.79 Å². The quantitative estimate of drug-likeness (QED) is 0.650. The van der Waals surface area contributed by atoms with E-state index in [9.17, 15) is 19.8 Å². The highest BCUT2D eigenvalue weighted by molar-refractivity contribution is 5.89. The van der Waals surface area contributed by atoms with Gasteiger partial charge in [-0.05, 0) is 38.5 Å². The van der Waals surface area contributed by atoms with Gasteiger partial charge in [-0.25, -0.2) is 4.79 Å². The summed E-state index contributed by atoms with van der Waals surface area (Å²) in [7, 11) is 2.94. The number of hydrogen-bond donors (Lipinski definition) is 2. The molecule has 154 valence electrons. The highest BCUT2D eigenvalue weighted by Crippen LogP contribution is 2.36. The maximum Gasteiger partial charge on any atom is 0.340 e. The topological polar surface area (TPSA) is 109 Å². The number of nitrogens with zero attached hydrogens (tertiary/aromatic N) is 1. The van der Waals surface area contributed by atoms with Crippen molar-refractivity contribution in [2.24, 2.45) is 0 Å². The normalized spacial score (nSPS) is 13.2. The van der Waals surface area contributed by atoms with Crippen LogP contribution in [0.4, 0.5) is 0 Å². The van der Waals surface area contributed by atoms with Gasteiger partial charge in [0.05, 0.1) is 38.4 Å². The van der Waals surface area contributed by atoms with Crippen LogP contribution < -0.4 is 15.1 Å². The predicted molar refractivity (Wildman–Crippen MR) is 104 cm³/mol. The standard InChI is InChI=1S/C20H27NO7/c1-11(22)9-21(10-12(2)23)17(24)8-15-13(3)14-6-7-16(26-4)19(27-5)18(14)28-20(15)25/h6-7,11-12,22-23H,8-10H2,1-5H3. The van der Waals surface area contributed by atoms with Crippen molar-refractivity contribution in [2.75, 3.05) is 27.3 Å². The molecule has 0 aliphatic carbocycles. The van der Waals surface area contributed by atoms with Crippen LogP contribution in [-0.2, 0) is 11.2 Å². The Morgan fingerprint density at radius 2 is 1.75 bits per heavy atom. The molecule has 1 amide bonds. The minimum absolute atomic E-state index is 0.0622. The number of methoxy groups -OCH3 is 2. The number of carbonyl (C=O) groups excluding carboxylic acids is 1. The lowest BCUT2D eigenvalue weighted by Gasteiger charge is -2.25. The van der Waals surface area contributed by atoms with E-state index in [1.807, 2.05) is 0 Å². The lowest BCUT2D eigenvalue weighted by molar-refractivity contribution is -0.133. The van der Waals surface area contributed by atoms with Crippen molar-refractivity contribution in [3.63, 3.8) is 0 Å². The van der Waals surface area contributed by atoms with Crippen LogP contribution in [-0.4, -0.2) is 60.5 Å². The van der Waals surface area contributed by atoms with E-state index in [4.69, 9.17) is 13.9 Å². The molecule has 2 atom stereocenters. The molecule has 0 aliphatic heterocycles. The first-order valence-corrected chi connectivity index (χ1v) is 9.00. The van der Waals surface area contributed by atoms with Gasteiger partial charge >= 0.3 is 5.63 Å². The number of carbonyl (C=O) groups is 1. The number of hydrogen-bond acceptors (Lipinski definition) is 7. The average Bonchev–Trinajstić information content (AvgIpc) is 2.62. The fourth-order valence-corrected chi connectivity index (χ4v) is 3.15. The van der Waals surface area contributed by atoms with Crippen LogP contribution in [0.3, 0.4) is 0 Å². The molecule has 2 N–H and O–H groups in total. The van der Waals surface area contributed by atoms with E-state index in [0.717, 1.165) is 0 Å². The van der Waals surface area contributed by atoms with E-state index < -0.39 is 17.8 Å². The molecule has 0 saturated carbocycles. The molecule has 1 aromatic heterocycles. The number of aliphatic hydroxyl groups is 2. The molecule has 0 fully saturated rings. The molecular formula is C20H27NO7. The van der Waals surface area contributed by atoms with Crippen LogP contribution in [0.25, 0.3) is 11.0 Å². The molecule has 0 radical (unpaired) electrons. The molecule has 28 heavy (non-hydrogen) atoms. The summed E-state index contributed by atoms with van der Waals surface area (Å²) in [4.78, 5) is 26.7. The maximum absolute atomic E-state index is 12.7. The highest BCUT2D eigenvalue weighted by atomic mass is 16.5. The van der Waals surface area contributed by atoms with E-state index in [-0.39, 0.29) is 36.6 Å². The van der Waals surface area contributed by atoms with Crippen LogP contribution in [0.5, 0.6) is 11.5 Å². The van der Waals surface area contributed by atoms with Crippen molar-refractivity contribution < 1.29 is 28.9 Å². The molecule has 0 aliphatic rings. The van der Waals surface area contributed by atoms with Crippen LogP contribution in [0, 0.1) is 6.92 Å². The van der Waals surface area contributed by atoms with E-state index in [2.05, 4.69) is 0 Å². The smallest absolute Gasteiger partial charge is 0.340 e. The van der Waals surface area contributed by atoms with Crippen molar-refractivity contribution >= 4 is 16.9 Å². The minimum Gasteiger partial charge on any atom is -0.493 e. The number of benzene rings is 1. The number of aliphatic hydroxyl groups excluding tert-OH is 2. The summed E-state index contributed by atoms with van der Waals surface area (Å²) >= 11 is 0. The Balaban J connectivity index is 2.47. The summed E-state index contributed by atoms with van der Waals surface area (Å²) < 4.78 is 16.0. The molecule has 0 saturated heterocycles. The van der Waals surface area contributed by atoms with Crippen LogP contribution in [0.1, 0.15) is 25.0 Å². The van der Waals surface area contributed by atoms with Gasteiger partial charge in [0.1, 0.15) is 0 Å². The first-order valence-electron chi connectivity index (χ1n) is 9.00. The number of fused-ring (bicyclic) bond motifs is 1. The molecule has 8 nitrogen and oxygen atoms in total. The van der Waals surface area contributed by atoms with Crippen LogP contribution >= 0.6 is 0 Å². The Hall–Kier alpha value is -2.58. The van der Waals surface area contributed by atoms with E-state index in [1.165, 1.54) is 19.1 Å². The number of rotatable bonds is 8. The first-order chi connectivity index (χ1) is 13.2. The van der Waals surface area contributed by atoms with Gasteiger partial charge in [-0.15, -0.1) is 0 Å². The third kappa shape index (κ3) is 4.63. The summed E-state index contributed by atoms with van der Waals surface area (Å²) in [5.74, 6) is 0.362. The zero-order chi connectivity index (χ0) is 21.0. The third-order valence-corrected chi connectivity index (χ3v) is 4.45. The average molecular weight is 393 g/mol.